The van der Waals surface area contributed by atoms with Crippen molar-refractivity contribution in [3.05, 3.63) is 102 Å². The van der Waals surface area contributed by atoms with Gasteiger partial charge in [-0.05, 0) is 55.8 Å². The molecule has 4 rings (SSSR count). The van der Waals surface area contributed by atoms with Crippen molar-refractivity contribution in [3.63, 3.8) is 0 Å². The van der Waals surface area contributed by atoms with Crippen LogP contribution < -0.4 is 10.1 Å². The number of nitriles is 1. The number of aromatic nitrogens is 2. The van der Waals surface area contributed by atoms with Gasteiger partial charge in [0.25, 0.3) is 5.91 Å². The highest BCUT2D eigenvalue weighted by Gasteiger charge is 2.16. The normalized spacial score (nSPS) is 11.1. The minimum absolute atomic E-state index is 0.0159. The van der Waals surface area contributed by atoms with Crippen LogP contribution in [0.2, 0.25) is 0 Å². The molecule has 35 heavy (non-hydrogen) atoms. The van der Waals surface area contributed by atoms with Gasteiger partial charge in [0.1, 0.15) is 23.1 Å². The molecule has 0 fully saturated rings. The fourth-order valence-electron chi connectivity index (χ4n) is 3.52. The molecule has 1 heterocycles. The van der Waals surface area contributed by atoms with Crippen LogP contribution in [0.4, 0.5) is 5.69 Å². The fourth-order valence-corrected chi connectivity index (χ4v) is 3.52. The van der Waals surface area contributed by atoms with Crippen LogP contribution in [0, 0.1) is 18.3 Å². The van der Waals surface area contributed by atoms with E-state index in [0.717, 1.165) is 29.0 Å². The van der Waals surface area contributed by atoms with Gasteiger partial charge in [-0.25, -0.2) is 4.68 Å². The number of para-hydroxylation sites is 1. The third-order valence-corrected chi connectivity index (χ3v) is 5.32. The number of hydrogen-bond donors (Lipinski definition) is 1. The van der Waals surface area contributed by atoms with Crippen LogP contribution in [0.1, 0.15) is 24.5 Å². The van der Waals surface area contributed by atoms with Crippen molar-refractivity contribution < 1.29 is 9.53 Å². The summed E-state index contributed by atoms with van der Waals surface area (Å²) in [6.45, 7) is 4.65. The summed E-state index contributed by atoms with van der Waals surface area (Å²) in [5, 5.41) is 17.4. The predicted molar refractivity (Wildman–Crippen MR) is 138 cm³/mol. The van der Waals surface area contributed by atoms with Crippen molar-refractivity contribution in [2.24, 2.45) is 0 Å². The Kier molecular flexibility index (Phi) is 7.39. The monoisotopic (exact) mass is 462 g/mol. The molecule has 0 aliphatic rings. The van der Waals surface area contributed by atoms with E-state index in [0.29, 0.717) is 23.6 Å². The van der Waals surface area contributed by atoms with Crippen LogP contribution >= 0.6 is 0 Å². The van der Waals surface area contributed by atoms with Crippen LogP contribution in [0.3, 0.4) is 0 Å². The van der Waals surface area contributed by atoms with Gasteiger partial charge in [0.05, 0.1) is 12.3 Å². The van der Waals surface area contributed by atoms with Gasteiger partial charge in [0, 0.05) is 23.0 Å². The minimum atomic E-state index is -0.477. The van der Waals surface area contributed by atoms with E-state index in [4.69, 9.17) is 9.84 Å². The van der Waals surface area contributed by atoms with Gasteiger partial charge in [-0.15, -0.1) is 0 Å². The van der Waals surface area contributed by atoms with Crippen LogP contribution in [0.25, 0.3) is 23.0 Å². The zero-order valence-electron chi connectivity index (χ0n) is 19.7. The summed E-state index contributed by atoms with van der Waals surface area (Å²) >= 11 is 0. The number of amides is 1. The number of rotatable bonds is 8. The van der Waals surface area contributed by atoms with Gasteiger partial charge >= 0.3 is 0 Å². The van der Waals surface area contributed by atoms with E-state index in [1.807, 2.05) is 98.1 Å². The van der Waals surface area contributed by atoms with Crippen LogP contribution in [0.15, 0.2) is 90.6 Å². The SMILES string of the molecule is CCCOc1cccc(-c2nn(-c3ccccc3)cc2C=C(C#N)C(=O)Nc2ccc(C)cc2)c1. The van der Waals surface area contributed by atoms with Crippen molar-refractivity contribution in [2.45, 2.75) is 20.3 Å². The van der Waals surface area contributed by atoms with E-state index in [-0.39, 0.29) is 5.57 Å². The van der Waals surface area contributed by atoms with E-state index < -0.39 is 5.91 Å². The van der Waals surface area contributed by atoms with Crippen molar-refractivity contribution in [1.82, 2.24) is 9.78 Å². The number of nitrogens with zero attached hydrogens (tertiary/aromatic N) is 3. The zero-order valence-corrected chi connectivity index (χ0v) is 19.7. The lowest BCUT2D eigenvalue weighted by molar-refractivity contribution is -0.112. The lowest BCUT2D eigenvalue weighted by atomic mass is 10.1. The molecule has 0 saturated heterocycles. The Morgan fingerprint density at radius 2 is 1.86 bits per heavy atom. The van der Waals surface area contributed by atoms with E-state index in [1.165, 1.54) is 0 Å². The standard InChI is InChI=1S/C29H26N4O2/c1-3-16-35-27-11-7-8-22(18-27)28-24(20-33(32-28)26-9-5-4-6-10-26)17-23(19-30)29(34)31-25-14-12-21(2)13-15-25/h4-15,17-18,20H,3,16H2,1-2H3,(H,31,34). The quantitative estimate of drug-likeness (QED) is 0.250. The summed E-state index contributed by atoms with van der Waals surface area (Å²) in [4.78, 5) is 12.9. The summed E-state index contributed by atoms with van der Waals surface area (Å²) in [5.74, 6) is 0.265. The van der Waals surface area contributed by atoms with Gasteiger partial charge in [0.2, 0.25) is 0 Å². The number of aryl methyl sites for hydroxylation is 1. The average molecular weight is 463 g/mol. The Bertz CT molecular complexity index is 1380. The first-order valence-corrected chi connectivity index (χ1v) is 11.5. The number of ether oxygens (including phenoxy) is 1. The van der Waals surface area contributed by atoms with Crippen LogP contribution in [0.5, 0.6) is 5.75 Å². The molecule has 174 valence electrons. The maximum atomic E-state index is 12.9. The zero-order chi connectivity index (χ0) is 24.6. The second kappa shape index (κ2) is 11.0. The molecule has 0 radical (unpaired) electrons. The van der Waals surface area contributed by atoms with Gasteiger partial charge in [-0.2, -0.15) is 10.4 Å². The van der Waals surface area contributed by atoms with Gasteiger partial charge < -0.3 is 10.1 Å². The molecule has 1 aromatic heterocycles. The average Bonchev–Trinajstić information content (AvgIpc) is 3.32. The topological polar surface area (TPSA) is 79.9 Å². The summed E-state index contributed by atoms with van der Waals surface area (Å²) in [5.41, 5.74) is 4.69. The highest BCUT2D eigenvalue weighted by atomic mass is 16.5. The summed E-state index contributed by atoms with van der Waals surface area (Å²) in [6.07, 6.45) is 4.30. The molecule has 0 aliphatic heterocycles. The Hall–Kier alpha value is -4.63. The molecular weight excluding hydrogens is 436 g/mol. The third-order valence-electron chi connectivity index (χ3n) is 5.32. The molecule has 6 heteroatoms. The first kappa shape index (κ1) is 23.5. The van der Waals surface area contributed by atoms with Crippen LogP contribution in [-0.4, -0.2) is 22.3 Å². The molecule has 6 nitrogen and oxygen atoms in total. The van der Waals surface area contributed by atoms with Crippen LogP contribution in [-0.2, 0) is 4.79 Å². The molecule has 4 aromatic rings. The van der Waals surface area contributed by atoms with Crippen molar-refractivity contribution >= 4 is 17.7 Å². The number of anilines is 1. The second-order valence-corrected chi connectivity index (χ2v) is 8.08. The minimum Gasteiger partial charge on any atom is -0.494 e. The van der Waals surface area contributed by atoms with E-state index >= 15 is 0 Å². The van der Waals surface area contributed by atoms with Gasteiger partial charge in [-0.1, -0.05) is 55.0 Å². The first-order chi connectivity index (χ1) is 17.1. The molecule has 0 aliphatic carbocycles. The second-order valence-electron chi connectivity index (χ2n) is 8.08. The number of nitrogens with one attached hydrogen (secondary N) is 1. The largest absolute Gasteiger partial charge is 0.494 e. The highest BCUT2D eigenvalue weighted by molar-refractivity contribution is 6.10. The molecule has 1 N–H and O–H groups in total. The Labute approximate surface area is 205 Å². The summed E-state index contributed by atoms with van der Waals surface area (Å²) in [6, 6.07) is 26.8. The van der Waals surface area contributed by atoms with E-state index in [1.54, 1.807) is 10.8 Å². The number of benzene rings is 3. The molecule has 0 bridgehead atoms. The van der Waals surface area contributed by atoms with Crippen molar-refractivity contribution in [3.8, 4) is 28.8 Å². The molecule has 0 unspecified atom stereocenters. The van der Waals surface area contributed by atoms with Crippen molar-refractivity contribution in [2.75, 3.05) is 11.9 Å². The molecule has 3 aromatic carbocycles. The van der Waals surface area contributed by atoms with E-state index in [2.05, 4.69) is 12.2 Å². The predicted octanol–water partition coefficient (Wildman–Crippen LogP) is 6.18. The Balaban J connectivity index is 1.74. The number of carbonyl (C=O) groups is 1. The highest BCUT2D eigenvalue weighted by Crippen LogP contribution is 2.29. The van der Waals surface area contributed by atoms with Gasteiger partial charge in [-0.3, -0.25) is 4.79 Å². The lowest BCUT2D eigenvalue weighted by Gasteiger charge is -2.07. The fraction of sp³-hybridized carbons (Fsp3) is 0.138. The number of hydrogen-bond acceptors (Lipinski definition) is 4. The first-order valence-electron chi connectivity index (χ1n) is 11.5. The molecule has 1 amide bonds. The molecule has 0 saturated carbocycles. The maximum Gasteiger partial charge on any atom is 0.266 e. The summed E-state index contributed by atoms with van der Waals surface area (Å²) in [7, 11) is 0. The van der Waals surface area contributed by atoms with Crippen molar-refractivity contribution in [1.29, 1.82) is 5.26 Å². The lowest BCUT2D eigenvalue weighted by Crippen LogP contribution is -2.13. The smallest absolute Gasteiger partial charge is 0.266 e. The van der Waals surface area contributed by atoms with E-state index in [9.17, 15) is 10.1 Å². The third kappa shape index (κ3) is 5.84. The Morgan fingerprint density at radius 3 is 2.57 bits per heavy atom. The number of carbonyl (C=O) groups excluding carboxylic acids is 1. The molecule has 0 atom stereocenters. The molecule has 0 spiro atoms. The Morgan fingerprint density at radius 1 is 1.09 bits per heavy atom. The summed E-state index contributed by atoms with van der Waals surface area (Å²) < 4.78 is 7.54. The maximum absolute atomic E-state index is 12.9. The molecular formula is C29H26N4O2. The van der Waals surface area contributed by atoms with Gasteiger partial charge in [0.15, 0.2) is 0 Å².